The Morgan fingerprint density at radius 2 is 1.67 bits per heavy atom. The Morgan fingerprint density at radius 3 is 2.36 bits per heavy atom. The molecule has 1 heterocycles. The van der Waals surface area contributed by atoms with Gasteiger partial charge in [0.15, 0.2) is 0 Å². The van der Waals surface area contributed by atoms with E-state index in [1.807, 2.05) is 38.1 Å². The van der Waals surface area contributed by atoms with Crippen molar-refractivity contribution in [1.82, 2.24) is 4.72 Å². The van der Waals surface area contributed by atoms with E-state index in [9.17, 15) is 13.2 Å². The Bertz CT molecular complexity index is 1310. The average Bonchev–Trinajstić information content (AvgIpc) is 3.23. The summed E-state index contributed by atoms with van der Waals surface area (Å²) in [6.45, 7) is 6.42. The molecule has 0 atom stereocenters. The van der Waals surface area contributed by atoms with Gasteiger partial charge in [-0.1, -0.05) is 18.2 Å². The predicted octanol–water partition coefficient (Wildman–Crippen LogP) is 4.30. The van der Waals surface area contributed by atoms with Crippen molar-refractivity contribution in [3.63, 3.8) is 0 Å². The van der Waals surface area contributed by atoms with Crippen molar-refractivity contribution < 1.29 is 17.9 Å². The molecule has 0 unspecified atom stereocenters. The van der Waals surface area contributed by atoms with Gasteiger partial charge in [0, 0.05) is 24.3 Å². The number of fused-ring (bicyclic) bond motifs is 1. The number of sulfonamides is 1. The summed E-state index contributed by atoms with van der Waals surface area (Å²) in [5, 5.41) is 0. The Kier molecular flexibility index (Phi) is 6.28. The molecule has 33 heavy (non-hydrogen) atoms. The predicted molar refractivity (Wildman–Crippen MR) is 129 cm³/mol. The molecule has 4 rings (SSSR count). The summed E-state index contributed by atoms with van der Waals surface area (Å²) >= 11 is 0. The summed E-state index contributed by atoms with van der Waals surface area (Å²) in [6, 6.07) is 16.4. The van der Waals surface area contributed by atoms with E-state index >= 15 is 0 Å². The monoisotopic (exact) mass is 464 g/mol. The van der Waals surface area contributed by atoms with Crippen LogP contribution in [0, 0.1) is 20.8 Å². The molecule has 1 amide bonds. The quantitative estimate of drug-likeness (QED) is 0.590. The molecule has 1 aliphatic heterocycles. The molecule has 1 aliphatic rings. The molecule has 0 aromatic heterocycles. The zero-order valence-corrected chi connectivity index (χ0v) is 20.1. The van der Waals surface area contributed by atoms with Crippen molar-refractivity contribution in [2.24, 2.45) is 0 Å². The highest BCUT2D eigenvalue weighted by molar-refractivity contribution is 7.89. The first-order valence-electron chi connectivity index (χ1n) is 10.8. The van der Waals surface area contributed by atoms with Crippen molar-refractivity contribution in [2.45, 2.75) is 38.6 Å². The van der Waals surface area contributed by atoms with Crippen LogP contribution in [0.3, 0.4) is 0 Å². The fourth-order valence-corrected chi connectivity index (χ4v) is 5.44. The molecule has 0 aliphatic carbocycles. The lowest BCUT2D eigenvalue weighted by Gasteiger charge is -2.18. The maximum atomic E-state index is 13.1. The molecule has 6 nitrogen and oxygen atoms in total. The number of anilines is 1. The van der Waals surface area contributed by atoms with Crippen LogP contribution in [-0.4, -0.2) is 28.0 Å². The Labute approximate surface area is 195 Å². The van der Waals surface area contributed by atoms with E-state index in [1.54, 1.807) is 49.3 Å². The van der Waals surface area contributed by atoms with E-state index < -0.39 is 10.0 Å². The minimum absolute atomic E-state index is 0.0834. The van der Waals surface area contributed by atoms with E-state index in [0.29, 0.717) is 22.8 Å². The fourth-order valence-electron chi connectivity index (χ4n) is 4.11. The van der Waals surface area contributed by atoms with E-state index in [1.165, 1.54) is 0 Å². The van der Waals surface area contributed by atoms with Gasteiger partial charge in [-0.2, -0.15) is 0 Å². The summed E-state index contributed by atoms with van der Waals surface area (Å²) in [5.41, 5.74) is 6.00. The molecule has 0 saturated carbocycles. The lowest BCUT2D eigenvalue weighted by Crippen LogP contribution is -2.29. The van der Waals surface area contributed by atoms with Crippen molar-refractivity contribution >= 4 is 21.6 Å². The second kappa shape index (κ2) is 9.00. The number of benzene rings is 3. The molecule has 0 radical (unpaired) electrons. The second-order valence-electron chi connectivity index (χ2n) is 8.42. The summed E-state index contributed by atoms with van der Waals surface area (Å²) < 4.78 is 33.8. The average molecular weight is 465 g/mol. The molecular weight excluding hydrogens is 436 g/mol. The van der Waals surface area contributed by atoms with E-state index in [-0.39, 0.29) is 12.5 Å². The van der Waals surface area contributed by atoms with Crippen LogP contribution < -0.4 is 14.4 Å². The summed E-state index contributed by atoms with van der Waals surface area (Å²) in [6.07, 6.45) is 0.769. The van der Waals surface area contributed by atoms with E-state index in [2.05, 4.69) is 4.72 Å². The number of ether oxygens (including phenoxy) is 1. The number of carbonyl (C=O) groups is 1. The van der Waals surface area contributed by atoms with Gasteiger partial charge in [0.25, 0.3) is 5.91 Å². The largest absolute Gasteiger partial charge is 0.497 e. The lowest BCUT2D eigenvalue weighted by molar-refractivity contribution is 0.0989. The number of methoxy groups -OCH3 is 1. The third-order valence-electron chi connectivity index (χ3n) is 6.17. The number of hydrogen-bond acceptors (Lipinski definition) is 4. The summed E-state index contributed by atoms with van der Waals surface area (Å²) in [4.78, 5) is 15.1. The van der Waals surface area contributed by atoms with E-state index in [4.69, 9.17) is 4.74 Å². The van der Waals surface area contributed by atoms with Crippen molar-refractivity contribution in [2.75, 3.05) is 18.6 Å². The minimum Gasteiger partial charge on any atom is -0.497 e. The first-order valence-corrected chi connectivity index (χ1v) is 12.3. The van der Waals surface area contributed by atoms with Crippen LogP contribution in [-0.2, 0) is 23.0 Å². The summed E-state index contributed by atoms with van der Waals surface area (Å²) in [5.74, 6) is 0.613. The van der Waals surface area contributed by atoms with Crippen molar-refractivity contribution in [3.05, 3.63) is 88.0 Å². The van der Waals surface area contributed by atoms with Crippen LogP contribution in [0.15, 0.2) is 59.5 Å². The number of nitrogens with zero attached hydrogens (tertiary/aromatic N) is 1. The molecule has 3 aromatic rings. The first-order chi connectivity index (χ1) is 15.7. The Hall–Kier alpha value is -3.16. The zero-order valence-electron chi connectivity index (χ0n) is 19.3. The maximum absolute atomic E-state index is 13.1. The third kappa shape index (κ3) is 4.65. The van der Waals surface area contributed by atoms with Gasteiger partial charge < -0.3 is 9.64 Å². The van der Waals surface area contributed by atoms with Gasteiger partial charge in [-0.15, -0.1) is 0 Å². The molecule has 0 saturated heterocycles. The number of nitrogens with one attached hydrogen (secondary N) is 1. The molecule has 7 heteroatoms. The van der Waals surface area contributed by atoms with Crippen LogP contribution in [0.25, 0.3) is 0 Å². The number of hydrogen-bond donors (Lipinski definition) is 1. The van der Waals surface area contributed by atoms with Crippen molar-refractivity contribution in [1.29, 1.82) is 0 Å². The SMILES string of the molecule is COc1ccc(C(=O)N2CCc3ccc(CNS(=O)(=O)c4cc(C)c(C)cc4C)cc32)cc1. The smallest absolute Gasteiger partial charge is 0.258 e. The first kappa shape index (κ1) is 23.0. The number of rotatable bonds is 6. The van der Waals surface area contributed by atoms with Crippen LogP contribution in [0.1, 0.15) is 38.2 Å². The number of carbonyl (C=O) groups excluding carboxylic acids is 1. The van der Waals surface area contributed by atoms with Gasteiger partial charge in [0.05, 0.1) is 12.0 Å². The van der Waals surface area contributed by atoms with Crippen LogP contribution >= 0.6 is 0 Å². The molecule has 3 aromatic carbocycles. The lowest BCUT2D eigenvalue weighted by atomic mass is 10.1. The van der Waals surface area contributed by atoms with Gasteiger partial charge >= 0.3 is 0 Å². The fraction of sp³-hybridized carbons (Fsp3) is 0.269. The highest BCUT2D eigenvalue weighted by Crippen LogP contribution is 2.31. The van der Waals surface area contributed by atoms with E-state index in [0.717, 1.165) is 39.9 Å². The normalized spacial score (nSPS) is 13.2. The maximum Gasteiger partial charge on any atom is 0.258 e. The van der Waals surface area contributed by atoms with Crippen molar-refractivity contribution in [3.8, 4) is 5.75 Å². The third-order valence-corrected chi connectivity index (χ3v) is 7.72. The minimum atomic E-state index is -3.66. The zero-order chi connectivity index (χ0) is 23.8. The highest BCUT2D eigenvalue weighted by Gasteiger charge is 2.26. The molecule has 1 N–H and O–H groups in total. The van der Waals surface area contributed by atoms with Gasteiger partial charge in [0.1, 0.15) is 5.75 Å². The molecule has 0 spiro atoms. The Morgan fingerprint density at radius 1 is 0.970 bits per heavy atom. The molecule has 172 valence electrons. The molecule has 0 bridgehead atoms. The van der Waals surface area contributed by atoms with Gasteiger partial charge in [0.2, 0.25) is 10.0 Å². The topological polar surface area (TPSA) is 75.7 Å². The van der Waals surface area contributed by atoms with Gasteiger partial charge in [-0.05, 0) is 91.4 Å². The van der Waals surface area contributed by atoms with Gasteiger partial charge in [-0.25, -0.2) is 13.1 Å². The van der Waals surface area contributed by atoms with Gasteiger partial charge in [-0.3, -0.25) is 4.79 Å². The molecule has 0 fully saturated rings. The Balaban J connectivity index is 1.53. The summed E-state index contributed by atoms with van der Waals surface area (Å²) in [7, 11) is -2.08. The van der Waals surface area contributed by atoms with Crippen LogP contribution in [0.4, 0.5) is 5.69 Å². The van der Waals surface area contributed by atoms with Crippen LogP contribution in [0.5, 0.6) is 5.75 Å². The standard InChI is InChI=1S/C26H28N2O4S/c1-17-13-19(3)25(14-18(17)2)33(30,31)27-16-20-5-6-21-11-12-28(24(21)15-20)26(29)22-7-9-23(32-4)10-8-22/h5-10,13-15,27H,11-12,16H2,1-4H3. The van der Waals surface area contributed by atoms with Crippen LogP contribution in [0.2, 0.25) is 0 Å². The number of amides is 1. The molecular formula is C26H28N2O4S. The highest BCUT2D eigenvalue weighted by atomic mass is 32.2. The number of aryl methyl sites for hydroxylation is 3. The second-order valence-corrected chi connectivity index (χ2v) is 10.2.